The number of nitrogens with zero attached hydrogens (tertiary/aromatic N) is 3. The van der Waals surface area contributed by atoms with Crippen LogP contribution in [0.5, 0.6) is 0 Å². The molecule has 0 saturated heterocycles. The predicted octanol–water partition coefficient (Wildman–Crippen LogP) is 3.63. The second-order valence-corrected chi connectivity index (χ2v) is 6.78. The molecule has 2 heterocycles. The van der Waals surface area contributed by atoms with Crippen molar-refractivity contribution >= 4 is 32.9 Å². The molecule has 0 spiro atoms. The Morgan fingerprint density at radius 1 is 1.38 bits per heavy atom. The van der Waals surface area contributed by atoms with Gasteiger partial charge in [-0.05, 0) is 66.6 Å². The molecule has 1 aliphatic carbocycles. The maximum atomic E-state index is 12.0. The lowest BCUT2D eigenvalue weighted by Gasteiger charge is -2.21. The zero-order chi connectivity index (χ0) is 17.3. The van der Waals surface area contributed by atoms with Crippen LogP contribution in [0.2, 0.25) is 0 Å². The van der Waals surface area contributed by atoms with Crippen LogP contribution in [0.1, 0.15) is 23.8 Å². The lowest BCUT2D eigenvalue weighted by Crippen LogP contribution is -2.26. The molecule has 3 rings (SSSR count). The van der Waals surface area contributed by atoms with E-state index in [1.807, 2.05) is 24.3 Å². The molecule has 2 aromatic rings. The molecule has 0 saturated carbocycles. The Labute approximate surface area is 150 Å². The Hall–Kier alpha value is -2.16. The Morgan fingerprint density at radius 3 is 2.79 bits per heavy atom. The molecule has 0 aromatic carbocycles. The summed E-state index contributed by atoms with van der Waals surface area (Å²) in [5.41, 5.74) is 2.26. The van der Waals surface area contributed by atoms with Gasteiger partial charge >= 0.3 is 0 Å². The summed E-state index contributed by atoms with van der Waals surface area (Å²) in [6, 6.07) is 6.11. The third-order valence-corrected chi connectivity index (χ3v) is 4.45. The molecule has 1 unspecified atom stereocenters. The Bertz CT molecular complexity index is 925. The highest BCUT2D eigenvalue weighted by Crippen LogP contribution is 2.21. The lowest BCUT2D eigenvalue weighted by atomic mass is 10.0. The minimum Gasteiger partial charge on any atom is -0.303 e. The monoisotopic (exact) mass is 383 g/mol. The van der Waals surface area contributed by atoms with Gasteiger partial charge in [0.1, 0.15) is 15.9 Å². The van der Waals surface area contributed by atoms with E-state index in [2.05, 4.69) is 63.9 Å². The number of carbonyl (C=O) groups excluding carboxylic acids is 1. The molecule has 0 fully saturated rings. The first-order valence-electron chi connectivity index (χ1n) is 7.71. The quantitative estimate of drug-likeness (QED) is 0.557. The number of pyridine rings is 1. The van der Waals surface area contributed by atoms with E-state index in [1.165, 1.54) is 6.92 Å². The fourth-order valence-electron chi connectivity index (χ4n) is 2.69. The zero-order valence-corrected chi connectivity index (χ0v) is 15.5. The highest BCUT2D eigenvalue weighted by molar-refractivity contribution is 9.10. The third kappa shape index (κ3) is 3.35. The van der Waals surface area contributed by atoms with E-state index in [-0.39, 0.29) is 5.91 Å². The van der Waals surface area contributed by atoms with Crippen molar-refractivity contribution in [1.82, 2.24) is 14.5 Å². The van der Waals surface area contributed by atoms with Gasteiger partial charge < -0.3 is 4.90 Å². The highest BCUT2D eigenvalue weighted by atomic mass is 79.9. The first-order chi connectivity index (χ1) is 11.5. The molecule has 0 amide bonds. The van der Waals surface area contributed by atoms with Crippen LogP contribution in [-0.4, -0.2) is 40.5 Å². The van der Waals surface area contributed by atoms with Crippen LogP contribution in [0.4, 0.5) is 0 Å². The number of carbonyl (C=O) groups is 1. The zero-order valence-electron chi connectivity index (χ0n) is 13.9. The predicted molar refractivity (Wildman–Crippen MR) is 99.9 cm³/mol. The summed E-state index contributed by atoms with van der Waals surface area (Å²) in [6.07, 6.45) is 7.27. The van der Waals surface area contributed by atoms with E-state index < -0.39 is 0 Å². The van der Waals surface area contributed by atoms with Crippen LogP contribution < -0.4 is 0 Å². The molecular formula is C19H18BrN3O. The average Bonchev–Trinajstić information content (AvgIpc) is 2.91. The highest BCUT2D eigenvalue weighted by Gasteiger charge is 2.13. The number of hydrogen-bond donors (Lipinski definition) is 0. The summed E-state index contributed by atoms with van der Waals surface area (Å²) < 4.78 is 2.26. The molecule has 122 valence electrons. The van der Waals surface area contributed by atoms with Crippen molar-refractivity contribution in [2.75, 3.05) is 14.1 Å². The smallest absolute Gasteiger partial charge is 0.230 e. The van der Waals surface area contributed by atoms with E-state index in [0.717, 1.165) is 17.4 Å². The normalized spacial score (nSPS) is 16.9. The van der Waals surface area contributed by atoms with Crippen molar-refractivity contribution in [2.24, 2.45) is 0 Å². The Balaban J connectivity index is 1.96. The largest absolute Gasteiger partial charge is 0.303 e. The average molecular weight is 384 g/mol. The summed E-state index contributed by atoms with van der Waals surface area (Å²) >= 11 is 3.35. The van der Waals surface area contributed by atoms with Crippen LogP contribution in [0.15, 0.2) is 46.6 Å². The number of likely N-dealkylation sites (N-methyl/N-ethyl adjacent to an activating group) is 1. The Kier molecular flexibility index (Phi) is 4.70. The van der Waals surface area contributed by atoms with Gasteiger partial charge in [-0.15, -0.1) is 0 Å². The van der Waals surface area contributed by atoms with Gasteiger partial charge in [0, 0.05) is 23.9 Å². The molecule has 0 N–H and O–H groups in total. The molecular weight excluding hydrogens is 366 g/mol. The van der Waals surface area contributed by atoms with E-state index in [0.29, 0.717) is 22.0 Å². The SMILES string of the molecule is CC(=O)n1c(C#CC2=CCC(N(C)C)C=C2)cc2ccc(Br)nc21. The van der Waals surface area contributed by atoms with E-state index in [4.69, 9.17) is 0 Å². The van der Waals surface area contributed by atoms with Crippen molar-refractivity contribution in [3.8, 4) is 11.8 Å². The number of aromatic nitrogens is 2. The second kappa shape index (κ2) is 6.76. The first-order valence-corrected chi connectivity index (χ1v) is 8.51. The van der Waals surface area contributed by atoms with Crippen LogP contribution in [-0.2, 0) is 0 Å². The minimum absolute atomic E-state index is 0.0965. The van der Waals surface area contributed by atoms with Gasteiger partial charge in [0.2, 0.25) is 5.91 Å². The first kappa shape index (κ1) is 16.7. The van der Waals surface area contributed by atoms with E-state index in [9.17, 15) is 4.79 Å². The lowest BCUT2D eigenvalue weighted by molar-refractivity contribution is 0.0940. The fraction of sp³-hybridized carbons (Fsp3) is 0.263. The van der Waals surface area contributed by atoms with Gasteiger partial charge in [-0.3, -0.25) is 9.36 Å². The van der Waals surface area contributed by atoms with Crippen molar-refractivity contribution in [3.05, 3.63) is 52.3 Å². The van der Waals surface area contributed by atoms with Crippen molar-refractivity contribution in [1.29, 1.82) is 0 Å². The summed E-state index contributed by atoms with van der Waals surface area (Å²) in [6.45, 7) is 1.52. The van der Waals surface area contributed by atoms with E-state index >= 15 is 0 Å². The van der Waals surface area contributed by atoms with Crippen LogP contribution in [0, 0.1) is 11.8 Å². The Morgan fingerprint density at radius 2 is 2.17 bits per heavy atom. The molecule has 0 radical (unpaired) electrons. The molecule has 1 atom stereocenters. The molecule has 1 aliphatic rings. The summed E-state index contributed by atoms with van der Waals surface area (Å²) in [7, 11) is 4.13. The summed E-state index contributed by atoms with van der Waals surface area (Å²) in [4.78, 5) is 18.6. The minimum atomic E-state index is -0.0965. The molecule has 24 heavy (non-hydrogen) atoms. The van der Waals surface area contributed by atoms with Crippen LogP contribution >= 0.6 is 15.9 Å². The molecule has 2 aromatic heterocycles. The van der Waals surface area contributed by atoms with Crippen LogP contribution in [0.3, 0.4) is 0 Å². The third-order valence-electron chi connectivity index (χ3n) is 4.01. The van der Waals surface area contributed by atoms with Crippen molar-refractivity contribution in [2.45, 2.75) is 19.4 Å². The fourth-order valence-corrected chi connectivity index (χ4v) is 2.99. The van der Waals surface area contributed by atoms with Crippen molar-refractivity contribution in [3.63, 3.8) is 0 Å². The summed E-state index contributed by atoms with van der Waals surface area (Å²) in [5.74, 6) is 6.19. The maximum absolute atomic E-state index is 12.0. The topological polar surface area (TPSA) is 38.1 Å². The standard InChI is InChI=1S/C19H18BrN3O/c1-13(24)23-17(12-15-7-11-18(20)21-19(15)23)10-6-14-4-8-16(9-5-14)22(2)3/h4-5,7-8,11-12,16H,9H2,1-3H3. The molecule has 4 nitrogen and oxygen atoms in total. The number of halogens is 1. The molecule has 5 heteroatoms. The molecule has 0 aliphatic heterocycles. The van der Waals surface area contributed by atoms with Gasteiger partial charge in [0.15, 0.2) is 0 Å². The maximum Gasteiger partial charge on any atom is 0.230 e. The van der Waals surface area contributed by atoms with Gasteiger partial charge in [0.25, 0.3) is 0 Å². The number of allylic oxidation sites excluding steroid dienone is 2. The van der Waals surface area contributed by atoms with Crippen LogP contribution in [0.25, 0.3) is 11.0 Å². The number of rotatable bonds is 1. The second-order valence-electron chi connectivity index (χ2n) is 5.97. The number of fused-ring (bicyclic) bond motifs is 1. The van der Waals surface area contributed by atoms with E-state index in [1.54, 1.807) is 4.57 Å². The van der Waals surface area contributed by atoms with Crippen molar-refractivity contribution < 1.29 is 4.79 Å². The van der Waals surface area contributed by atoms with Gasteiger partial charge in [0.05, 0.1) is 0 Å². The van der Waals surface area contributed by atoms with Gasteiger partial charge in [-0.1, -0.05) is 18.1 Å². The summed E-state index contributed by atoms with van der Waals surface area (Å²) in [5, 5.41) is 0.901. The van der Waals surface area contributed by atoms with Gasteiger partial charge in [-0.2, -0.15) is 0 Å². The number of hydrogen-bond acceptors (Lipinski definition) is 3. The van der Waals surface area contributed by atoms with Gasteiger partial charge in [-0.25, -0.2) is 4.98 Å². The molecule has 0 bridgehead atoms.